The molecule has 0 bridgehead atoms. The Labute approximate surface area is 90.9 Å². The van der Waals surface area contributed by atoms with Gasteiger partial charge < -0.3 is 14.5 Å². The van der Waals surface area contributed by atoms with E-state index in [9.17, 15) is 4.79 Å². The van der Waals surface area contributed by atoms with Crippen molar-refractivity contribution >= 4 is 18.6 Å². The highest BCUT2D eigenvalue weighted by atomic mass is 32.1. The lowest BCUT2D eigenvalue weighted by molar-refractivity contribution is -0.137. The van der Waals surface area contributed by atoms with Crippen molar-refractivity contribution < 1.29 is 9.53 Å². The molecule has 0 atom stereocenters. The zero-order chi connectivity index (χ0) is 11.3. The molecule has 0 fully saturated rings. The highest BCUT2D eigenvalue weighted by molar-refractivity contribution is 7.85. The van der Waals surface area contributed by atoms with E-state index in [1.54, 1.807) is 6.92 Å². The first-order valence-electron chi connectivity index (χ1n) is 4.36. The summed E-state index contributed by atoms with van der Waals surface area (Å²) in [6.45, 7) is 2.13. The first-order chi connectivity index (χ1) is 6.41. The summed E-state index contributed by atoms with van der Waals surface area (Å²) in [4.78, 5) is 15.3. The standard InChI is InChI=1S/C9H18N2O2S/c1-6-13-9(12)7(14)8(10(2)3)11(4)5/h14H,6H2,1-5H3. The molecule has 0 aliphatic heterocycles. The minimum absolute atomic E-state index is 0.321. The Hall–Kier alpha value is -0.840. The number of carbonyl (C=O) groups is 1. The summed E-state index contributed by atoms with van der Waals surface area (Å²) in [5, 5.41) is 0. The molecule has 0 aromatic carbocycles. The highest BCUT2D eigenvalue weighted by Crippen LogP contribution is 2.14. The SMILES string of the molecule is CCOC(=O)C(S)=C(N(C)C)N(C)C. The number of nitrogens with zero attached hydrogens (tertiary/aromatic N) is 2. The minimum atomic E-state index is -0.395. The smallest absolute Gasteiger partial charge is 0.348 e. The normalized spacial score (nSPS) is 9.29. The molecule has 14 heavy (non-hydrogen) atoms. The largest absolute Gasteiger partial charge is 0.462 e. The molecule has 5 heteroatoms. The van der Waals surface area contributed by atoms with Gasteiger partial charge in [0.25, 0.3) is 0 Å². The Morgan fingerprint density at radius 1 is 1.21 bits per heavy atom. The minimum Gasteiger partial charge on any atom is -0.462 e. The van der Waals surface area contributed by atoms with Gasteiger partial charge in [-0.15, -0.1) is 12.6 Å². The van der Waals surface area contributed by atoms with Gasteiger partial charge in [0.1, 0.15) is 10.7 Å². The van der Waals surface area contributed by atoms with E-state index in [-0.39, 0.29) is 0 Å². The molecule has 0 rings (SSSR count). The van der Waals surface area contributed by atoms with Crippen LogP contribution in [-0.4, -0.2) is 50.6 Å². The van der Waals surface area contributed by atoms with E-state index in [4.69, 9.17) is 4.74 Å². The van der Waals surface area contributed by atoms with Gasteiger partial charge in [0.2, 0.25) is 0 Å². The zero-order valence-corrected chi connectivity index (χ0v) is 10.3. The van der Waals surface area contributed by atoms with E-state index in [0.29, 0.717) is 11.5 Å². The van der Waals surface area contributed by atoms with Gasteiger partial charge in [0.05, 0.1) is 6.61 Å². The summed E-state index contributed by atoms with van der Waals surface area (Å²) < 4.78 is 4.86. The van der Waals surface area contributed by atoms with Crippen LogP contribution in [0.4, 0.5) is 0 Å². The Morgan fingerprint density at radius 2 is 1.64 bits per heavy atom. The van der Waals surface area contributed by atoms with Crippen LogP contribution < -0.4 is 0 Å². The van der Waals surface area contributed by atoms with Crippen LogP contribution in [0.15, 0.2) is 10.7 Å². The summed E-state index contributed by atoms with van der Waals surface area (Å²) in [5.41, 5.74) is 0. The molecule has 0 radical (unpaired) electrons. The van der Waals surface area contributed by atoms with Crippen LogP contribution in [0, 0.1) is 0 Å². The average molecular weight is 218 g/mol. The monoisotopic (exact) mass is 218 g/mol. The molecule has 0 saturated carbocycles. The number of hydrogen-bond acceptors (Lipinski definition) is 5. The zero-order valence-electron chi connectivity index (χ0n) is 9.37. The van der Waals surface area contributed by atoms with E-state index >= 15 is 0 Å². The second kappa shape index (κ2) is 5.80. The van der Waals surface area contributed by atoms with Crippen LogP contribution in [0.3, 0.4) is 0 Å². The Bertz CT molecular complexity index is 227. The van der Waals surface area contributed by atoms with Crippen molar-refractivity contribution in [1.82, 2.24) is 9.80 Å². The fourth-order valence-electron chi connectivity index (χ4n) is 1.11. The van der Waals surface area contributed by atoms with Crippen LogP contribution in [0.25, 0.3) is 0 Å². The van der Waals surface area contributed by atoms with E-state index in [1.807, 2.05) is 38.0 Å². The summed E-state index contributed by atoms with van der Waals surface area (Å²) >= 11 is 4.15. The van der Waals surface area contributed by atoms with Gasteiger partial charge in [-0.3, -0.25) is 0 Å². The number of ether oxygens (including phenoxy) is 1. The number of carbonyl (C=O) groups excluding carboxylic acids is 1. The molecule has 0 heterocycles. The van der Waals surface area contributed by atoms with Crippen molar-refractivity contribution in [2.75, 3.05) is 34.8 Å². The van der Waals surface area contributed by atoms with Crippen molar-refractivity contribution in [1.29, 1.82) is 0 Å². The number of rotatable bonds is 4. The molecular formula is C9H18N2O2S. The Morgan fingerprint density at radius 3 is 1.93 bits per heavy atom. The molecule has 0 aromatic heterocycles. The second-order valence-electron chi connectivity index (χ2n) is 3.18. The fourth-order valence-corrected chi connectivity index (χ4v) is 1.58. The lowest BCUT2D eigenvalue weighted by Crippen LogP contribution is -2.27. The van der Waals surface area contributed by atoms with Crippen LogP contribution >= 0.6 is 12.6 Å². The maximum atomic E-state index is 11.4. The van der Waals surface area contributed by atoms with Gasteiger partial charge in [0.15, 0.2) is 0 Å². The van der Waals surface area contributed by atoms with Crippen LogP contribution in [0.2, 0.25) is 0 Å². The Balaban J connectivity index is 4.90. The molecule has 0 spiro atoms. The molecule has 0 N–H and O–H groups in total. The first-order valence-corrected chi connectivity index (χ1v) is 4.81. The molecule has 0 amide bonds. The van der Waals surface area contributed by atoms with E-state index in [0.717, 1.165) is 5.82 Å². The molecule has 0 unspecified atom stereocenters. The van der Waals surface area contributed by atoms with Crippen molar-refractivity contribution in [3.63, 3.8) is 0 Å². The summed E-state index contributed by atoms with van der Waals surface area (Å²) in [6, 6.07) is 0. The van der Waals surface area contributed by atoms with E-state index < -0.39 is 5.97 Å². The quantitative estimate of drug-likeness (QED) is 0.429. The molecule has 0 saturated heterocycles. The lowest BCUT2D eigenvalue weighted by atomic mass is 10.4. The van der Waals surface area contributed by atoms with Crippen molar-refractivity contribution in [2.45, 2.75) is 6.92 Å². The molecule has 0 aromatic rings. The maximum Gasteiger partial charge on any atom is 0.348 e. The van der Waals surface area contributed by atoms with Gasteiger partial charge in [0, 0.05) is 28.2 Å². The number of esters is 1. The third-order valence-corrected chi connectivity index (χ3v) is 1.91. The molecule has 4 nitrogen and oxygen atoms in total. The van der Waals surface area contributed by atoms with E-state index in [2.05, 4.69) is 12.6 Å². The lowest BCUT2D eigenvalue weighted by Gasteiger charge is -2.25. The van der Waals surface area contributed by atoms with Gasteiger partial charge in [-0.25, -0.2) is 4.79 Å². The van der Waals surface area contributed by atoms with Crippen molar-refractivity contribution in [3.8, 4) is 0 Å². The van der Waals surface area contributed by atoms with Crippen LogP contribution in [0.5, 0.6) is 0 Å². The summed E-state index contributed by atoms with van der Waals surface area (Å²) in [5.74, 6) is 0.333. The summed E-state index contributed by atoms with van der Waals surface area (Å²) in [7, 11) is 7.41. The highest BCUT2D eigenvalue weighted by Gasteiger charge is 2.16. The van der Waals surface area contributed by atoms with Gasteiger partial charge >= 0.3 is 5.97 Å². The molecule has 82 valence electrons. The predicted octanol–water partition coefficient (Wildman–Crippen LogP) is 0.772. The van der Waals surface area contributed by atoms with Crippen LogP contribution in [-0.2, 0) is 9.53 Å². The fraction of sp³-hybridized carbons (Fsp3) is 0.667. The van der Waals surface area contributed by atoms with E-state index in [1.165, 1.54) is 0 Å². The number of hydrogen-bond donors (Lipinski definition) is 1. The second-order valence-corrected chi connectivity index (χ2v) is 3.63. The topological polar surface area (TPSA) is 32.8 Å². The third kappa shape index (κ3) is 3.49. The van der Waals surface area contributed by atoms with Crippen molar-refractivity contribution in [2.24, 2.45) is 0 Å². The summed E-state index contributed by atoms with van der Waals surface area (Å²) in [6.07, 6.45) is 0. The first kappa shape index (κ1) is 13.2. The van der Waals surface area contributed by atoms with Gasteiger partial charge in [-0.2, -0.15) is 0 Å². The maximum absolute atomic E-state index is 11.4. The van der Waals surface area contributed by atoms with Crippen LogP contribution in [0.1, 0.15) is 6.92 Å². The Kier molecular flexibility index (Phi) is 5.45. The van der Waals surface area contributed by atoms with Gasteiger partial charge in [-0.1, -0.05) is 0 Å². The molecular weight excluding hydrogens is 200 g/mol. The van der Waals surface area contributed by atoms with Gasteiger partial charge in [-0.05, 0) is 6.92 Å². The molecule has 0 aliphatic rings. The average Bonchev–Trinajstić information content (AvgIpc) is 2.03. The number of thiol groups is 1. The van der Waals surface area contributed by atoms with Crippen molar-refractivity contribution in [3.05, 3.63) is 10.7 Å². The predicted molar refractivity (Wildman–Crippen MR) is 60.0 cm³/mol. The third-order valence-electron chi connectivity index (χ3n) is 1.53. The molecule has 0 aliphatic carbocycles.